The predicted octanol–water partition coefficient (Wildman–Crippen LogP) is 2.53. The van der Waals surface area contributed by atoms with Crippen LogP contribution >= 0.6 is 15.9 Å². The average Bonchev–Trinajstić information content (AvgIpc) is 2.28. The first-order chi connectivity index (χ1) is 7.94. The van der Waals surface area contributed by atoms with Crippen molar-refractivity contribution in [3.8, 4) is 0 Å². The molecule has 0 aromatic heterocycles. The molecule has 96 valence electrons. The lowest BCUT2D eigenvalue weighted by Gasteiger charge is -2.14. The van der Waals surface area contributed by atoms with Crippen LogP contribution in [0, 0.1) is 0 Å². The number of hydrogen-bond donors (Lipinski definition) is 1. The lowest BCUT2D eigenvalue weighted by Crippen LogP contribution is -2.26. The van der Waals surface area contributed by atoms with Gasteiger partial charge in [0.25, 0.3) is 0 Å². The van der Waals surface area contributed by atoms with Gasteiger partial charge in [0.2, 0.25) is 0 Å². The Hall–Kier alpha value is -0.390. The van der Waals surface area contributed by atoms with Crippen molar-refractivity contribution in [1.29, 1.82) is 0 Å². The van der Waals surface area contributed by atoms with Gasteiger partial charge in [-0.1, -0.05) is 35.0 Å². The Morgan fingerprint density at radius 1 is 1.41 bits per heavy atom. The summed E-state index contributed by atoms with van der Waals surface area (Å²) in [5, 5.41) is 3.22. The highest BCUT2D eigenvalue weighted by molar-refractivity contribution is 9.10. The Bertz CT molecular complexity index is 459. The van der Waals surface area contributed by atoms with Gasteiger partial charge in [-0.25, -0.2) is 8.42 Å². The van der Waals surface area contributed by atoms with Crippen molar-refractivity contribution in [2.24, 2.45) is 0 Å². The molecule has 0 spiro atoms. The van der Waals surface area contributed by atoms with Gasteiger partial charge in [0.1, 0.15) is 0 Å². The molecular formula is C12H18BrNO2S. The third-order valence-electron chi connectivity index (χ3n) is 2.65. The molecule has 0 fully saturated rings. The molecule has 0 radical (unpaired) electrons. The van der Waals surface area contributed by atoms with Crippen LogP contribution in [-0.2, 0) is 9.84 Å². The highest BCUT2D eigenvalue weighted by atomic mass is 79.9. The van der Waals surface area contributed by atoms with Gasteiger partial charge in [-0.15, -0.1) is 0 Å². The number of halogens is 1. The molecule has 0 aliphatic heterocycles. The van der Waals surface area contributed by atoms with Gasteiger partial charge in [-0.05, 0) is 24.6 Å². The Morgan fingerprint density at radius 3 is 2.71 bits per heavy atom. The fourth-order valence-corrected chi connectivity index (χ4v) is 2.60. The van der Waals surface area contributed by atoms with Gasteiger partial charge in [-0.3, -0.25) is 0 Å². The van der Waals surface area contributed by atoms with E-state index in [0.29, 0.717) is 6.54 Å². The fraction of sp³-hybridized carbons (Fsp3) is 0.500. The van der Waals surface area contributed by atoms with Gasteiger partial charge in [0.05, 0.1) is 5.75 Å². The van der Waals surface area contributed by atoms with Crippen molar-refractivity contribution < 1.29 is 8.42 Å². The maximum Gasteiger partial charge on any atom is 0.151 e. The molecular weight excluding hydrogens is 302 g/mol. The van der Waals surface area contributed by atoms with Crippen LogP contribution in [0.4, 0.5) is 0 Å². The largest absolute Gasteiger partial charge is 0.309 e. The molecule has 0 heterocycles. The summed E-state index contributed by atoms with van der Waals surface area (Å²) in [5.74, 6) is 0.405. The summed E-state index contributed by atoms with van der Waals surface area (Å²) in [5.41, 5.74) is 1.15. The van der Waals surface area contributed by atoms with Crippen molar-refractivity contribution in [3.63, 3.8) is 0 Å². The fourth-order valence-electron chi connectivity index (χ4n) is 1.47. The monoisotopic (exact) mass is 319 g/mol. The minimum Gasteiger partial charge on any atom is -0.309 e. The zero-order valence-electron chi connectivity index (χ0n) is 10.1. The molecule has 0 aliphatic rings. The molecule has 0 saturated heterocycles. The summed E-state index contributed by atoms with van der Waals surface area (Å²) in [6.45, 7) is 4.19. The molecule has 1 aromatic rings. The minimum atomic E-state index is -2.88. The third-order valence-corrected chi connectivity index (χ3v) is 4.85. The molecule has 3 nitrogen and oxygen atoms in total. The van der Waals surface area contributed by atoms with Crippen LogP contribution in [0.15, 0.2) is 28.7 Å². The lowest BCUT2D eigenvalue weighted by molar-refractivity contribution is 0.573. The maximum atomic E-state index is 11.3. The first-order valence-electron chi connectivity index (χ1n) is 5.64. The Balaban J connectivity index is 2.48. The quantitative estimate of drug-likeness (QED) is 0.876. The lowest BCUT2D eigenvalue weighted by atomic mass is 10.1. The van der Waals surface area contributed by atoms with E-state index in [-0.39, 0.29) is 17.5 Å². The summed E-state index contributed by atoms with van der Waals surface area (Å²) in [6.07, 6.45) is 0. The second-order valence-electron chi connectivity index (χ2n) is 3.97. The predicted molar refractivity (Wildman–Crippen MR) is 74.9 cm³/mol. The minimum absolute atomic E-state index is 0.152. The highest BCUT2D eigenvalue weighted by Gasteiger charge is 2.09. The highest BCUT2D eigenvalue weighted by Crippen LogP contribution is 2.17. The van der Waals surface area contributed by atoms with Crippen LogP contribution in [0.2, 0.25) is 0 Å². The molecule has 1 atom stereocenters. The van der Waals surface area contributed by atoms with E-state index in [1.165, 1.54) is 0 Å². The van der Waals surface area contributed by atoms with E-state index in [1.807, 2.05) is 31.2 Å². The second kappa shape index (κ2) is 6.52. The number of benzene rings is 1. The van der Waals surface area contributed by atoms with Crippen LogP contribution in [0.25, 0.3) is 0 Å². The van der Waals surface area contributed by atoms with E-state index in [0.717, 1.165) is 10.0 Å². The van der Waals surface area contributed by atoms with Crippen molar-refractivity contribution in [1.82, 2.24) is 5.32 Å². The number of sulfone groups is 1. The molecule has 0 saturated carbocycles. The molecule has 0 amide bonds. The molecule has 0 unspecified atom stereocenters. The van der Waals surface area contributed by atoms with Crippen LogP contribution in [0.3, 0.4) is 0 Å². The zero-order chi connectivity index (χ0) is 12.9. The Labute approximate surface area is 112 Å². The van der Waals surface area contributed by atoms with Crippen LogP contribution in [0.5, 0.6) is 0 Å². The average molecular weight is 320 g/mol. The van der Waals surface area contributed by atoms with Gasteiger partial charge >= 0.3 is 0 Å². The number of hydrogen-bond acceptors (Lipinski definition) is 3. The molecule has 0 aliphatic carbocycles. The summed E-state index contributed by atoms with van der Waals surface area (Å²) in [7, 11) is -2.88. The van der Waals surface area contributed by atoms with Crippen LogP contribution in [-0.4, -0.2) is 26.5 Å². The summed E-state index contributed by atoms with van der Waals surface area (Å²) in [6, 6.07) is 8.15. The van der Waals surface area contributed by atoms with Gasteiger partial charge in [0.15, 0.2) is 9.84 Å². The second-order valence-corrected chi connectivity index (χ2v) is 7.36. The first kappa shape index (κ1) is 14.7. The Morgan fingerprint density at radius 2 is 2.12 bits per heavy atom. The first-order valence-corrected chi connectivity index (χ1v) is 8.25. The molecule has 17 heavy (non-hydrogen) atoms. The number of nitrogens with one attached hydrogen (secondary N) is 1. The van der Waals surface area contributed by atoms with Gasteiger partial charge < -0.3 is 5.32 Å². The molecule has 1 aromatic carbocycles. The van der Waals surface area contributed by atoms with Crippen molar-refractivity contribution in [2.75, 3.05) is 18.1 Å². The maximum absolute atomic E-state index is 11.3. The Kier molecular flexibility index (Phi) is 5.62. The van der Waals surface area contributed by atoms with Crippen molar-refractivity contribution in [3.05, 3.63) is 34.3 Å². The molecule has 5 heteroatoms. The third kappa shape index (κ3) is 5.19. The summed E-state index contributed by atoms with van der Waals surface area (Å²) < 4.78 is 23.7. The SMILES string of the molecule is CCS(=O)(=O)CCN[C@@H](C)c1cccc(Br)c1. The van der Waals surface area contributed by atoms with E-state index < -0.39 is 9.84 Å². The van der Waals surface area contributed by atoms with E-state index in [4.69, 9.17) is 0 Å². The standard InChI is InChI=1S/C12H18BrNO2S/c1-3-17(15,16)8-7-14-10(2)11-5-4-6-12(13)9-11/h4-6,9-10,14H,3,7-8H2,1-2H3/t10-/m0/s1. The van der Waals surface area contributed by atoms with Gasteiger partial charge in [-0.2, -0.15) is 0 Å². The smallest absolute Gasteiger partial charge is 0.151 e. The summed E-state index contributed by atoms with van der Waals surface area (Å²) in [4.78, 5) is 0. The van der Waals surface area contributed by atoms with Crippen molar-refractivity contribution >= 4 is 25.8 Å². The van der Waals surface area contributed by atoms with Gasteiger partial charge in [0, 0.05) is 22.8 Å². The van der Waals surface area contributed by atoms with Crippen LogP contribution < -0.4 is 5.32 Å². The number of rotatable bonds is 6. The molecule has 1 N–H and O–H groups in total. The van der Waals surface area contributed by atoms with E-state index in [2.05, 4.69) is 21.2 Å². The van der Waals surface area contributed by atoms with Crippen molar-refractivity contribution in [2.45, 2.75) is 19.9 Å². The molecule has 1 rings (SSSR count). The molecule has 0 bridgehead atoms. The van der Waals surface area contributed by atoms with Crippen LogP contribution in [0.1, 0.15) is 25.5 Å². The topological polar surface area (TPSA) is 46.2 Å². The van der Waals surface area contributed by atoms with E-state index in [9.17, 15) is 8.42 Å². The summed E-state index contributed by atoms with van der Waals surface area (Å²) >= 11 is 3.42. The van der Waals surface area contributed by atoms with E-state index in [1.54, 1.807) is 6.92 Å². The normalized spacial score (nSPS) is 13.6. The van der Waals surface area contributed by atoms with E-state index >= 15 is 0 Å². The zero-order valence-corrected chi connectivity index (χ0v) is 12.5.